The fourth-order valence-electron chi connectivity index (χ4n) is 3.04. The van der Waals surface area contributed by atoms with Gasteiger partial charge in [-0.2, -0.15) is 5.10 Å². The molecular weight excluding hydrogens is 388 g/mol. The molecule has 0 saturated carbocycles. The van der Waals surface area contributed by atoms with Crippen molar-refractivity contribution in [2.24, 2.45) is 7.05 Å². The van der Waals surface area contributed by atoms with Crippen LogP contribution in [0.15, 0.2) is 29.4 Å². The Morgan fingerprint density at radius 1 is 1.24 bits per heavy atom. The normalized spacial score (nSPS) is 11.1. The highest BCUT2D eigenvalue weighted by molar-refractivity contribution is 7.99. The smallest absolute Gasteiger partial charge is 0.234 e. The summed E-state index contributed by atoms with van der Waals surface area (Å²) in [7, 11) is 3.52. The Labute approximate surface area is 174 Å². The van der Waals surface area contributed by atoms with Crippen LogP contribution in [0.1, 0.15) is 17.0 Å². The fraction of sp³-hybridized carbons (Fsp3) is 0.400. The highest BCUT2D eigenvalue weighted by Crippen LogP contribution is 2.25. The number of thioether (sulfide) groups is 1. The van der Waals surface area contributed by atoms with Crippen LogP contribution in [0.2, 0.25) is 0 Å². The summed E-state index contributed by atoms with van der Waals surface area (Å²) in [5, 5.41) is 16.7. The number of benzene rings is 1. The number of ether oxygens (including phenoxy) is 1. The Morgan fingerprint density at radius 3 is 2.69 bits per heavy atom. The van der Waals surface area contributed by atoms with Gasteiger partial charge >= 0.3 is 0 Å². The second-order valence-corrected chi connectivity index (χ2v) is 7.77. The molecule has 0 atom stereocenters. The Bertz CT molecular complexity index is 1010. The Kier molecular flexibility index (Phi) is 6.71. The van der Waals surface area contributed by atoms with E-state index in [1.807, 2.05) is 50.6 Å². The van der Waals surface area contributed by atoms with E-state index in [4.69, 9.17) is 4.74 Å². The van der Waals surface area contributed by atoms with Crippen molar-refractivity contribution in [3.8, 4) is 11.4 Å². The molecule has 0 bridgehead atoms. The summed E-state index contributed by atoms with van der Waals surface area (Å²) in [6.07, 6.45) is 0. The van der Waals surface area contributed by atoms with Crippen molar-refractivity contribution < 1.29 is 9.53 Å². The summed E-state index contributed by atoms with van der Waals surface area (Å²) in [4.78, 5) is 12.5. The summed E-state index contributed by atoms with van der Waals surface area (Å²) in [5.41, 5.74) is 4.63. The lowest BCUT2D eigenvalue weighted by molar-refractivity contribution is -0.113. The minimum atomic E-state index is -0.104. The van der Waals surface area contributed by atoms with Crippen molar-refractivity contribution in [1.82, 2.24) is 24.5 Å². The van der Waals surface area contributed by atoms with Gasteiger partial charge in [-0.1, -0.05) is 35.5 Å². The zero-order valence-electron chi connectivity index (χ0n) is 17.4. The SMILES string of the molecule is COCCn1c(SCC(=O)Nc2c(C)nn(C)c2C)nnc1-c1cccc(C)c1. The number of aromatic nitrogens is 5. The first kappa shape index (κ1) is 21.1. The minimum Gasteiger partial charge on any atom is -0.383 e. The van der Waals surface area contributed by atoms with E-state index >= 15 is 0 Å². The maximum Gasteiger partial charge on any atom is 0.234 e. The van der Waals surface area contributed by atoms with Gasteiger partial charge in [-0.25, -0.2) is 0 Å². The van der Waals surface area contributed by atoms with Crippen molar-refractivity contribution in [3.63, 3.8) is 0 Å². The number of rotatable bonds is 8. The summed E-state index contributed by atoms with van der Waals surface area (Å²) >= 11 is 1.36. The maximum atomic E-state index is 12.5. The third-order valence-electron chi connectivity index (χ3n) is 4.62. The van der Waals surface area contributed by atoms with Crippen LogP contribution < -0.4 is 5.32 Å². The Morgan fingerprint density at radius 2 is 2.03 bits per heavy atom. The van der Waals surface area contributed by atoms with Crippen molar-refractivity contribution in [1.29, 1.82) is 0 Å². The molecule has 0 unspecified atom stereocenters. The van der Waals surface area contributed by atoms with E-state index in [1.54, 1.807) is 11.8 Å². The average molecular weight is 415 g/mol. The molecular formula is C20H26N6O2S. The molecule has 0 saturated heterocycles. The van der Waals surface area contributed by atoms with Gasteiger partial charge in [0.2, 0.25) is 5.91 Å². The molecule has 1 aromatic carbocycles. The number of carbonyl (C=O) groups excluding carboxylic acids is 1. The molecule has 0 fully saturated rings. The maximum absolute atomic E-state index is 12.5. The van der Waals surface area contributed by atoms with Gasteiger partial charge in [-0.3, -0.25) is 14.0 Å². The molecule has 0 aliphatic heterocycles. The molecule has 2 heterocycles. The van der Waals surface area contributed by atoms with Gasteiger partial charge in [0, 0.05) is 19.7 Å². The monoisotopic (exact) mass is 414 g/mol. The van der Waals surface area contributed by atoms with Crippen LogP contribution in [-0.2, 0) is 23.1 Å². The number of carbonyl (C=O) groups is 1. The number of nitrogens with one attached hydrogen (secondary N) is 1. The van der Waals surface area contributed by atoms with Crippen molar-refractivity contribution >= 4 is 23.4 Å². The predicted octanol–water partition coefficient (Wildman–Crippen LogP) is 2.98. The lowest BCUT2D eigenvalue weighted by Gasteiger charge is -2.10. The molecule has 0 radical (unpaired) electrons. The zero-order valence-corrected chi connectivity index (χ0v) is 18.2. The van der Waals surface area contributed by atoms with Crippen LogP contribution in [0.3, 0.4) is 0 Å². The third-order valence-corrected chi connectivity index (χ3v) is 5.58. The summed E-state index contributed by atoms with van der Waals surface area (Å²) in [6.45, 7) is 6.99. The molecule has 3 aromatic rings. The molecule has 0 spiro atoms. The molecule has 8 nitrogen and oxygen atoms in total. The molecule has 0 aliphatic carbocycles. The van der Waals surface area contributed by atoms with Gasteiger partial charge in [-0.05, 0) is 26.8 Å². The molecule has 29 heavy (non-hydrogen) atoms. The van der Waals surface area contributed by atoms with Gasteiger partial charge in [-0.15, -0.1) is 10.2 Å². The van der Waals surface area contributed by atoms with Crippen molar-refractivity contribution in [3.05, 3.63) is 41.2 Å². The Balaban J connectivity index is 1.75. The number of hydrogen-bond acceptors (Lipinski definition) is 6. The lowest BCUT2D eigenvalue weighted by atomic mass is 10.1. The summed E-state index contributed by atoms with van der Waals surface area (Å²) in [5.74, 6) is 0.896. The average Bonchev–Trinajstić information content (AvgIpc) is 3.20. The summed E-state index contributed by atoms with van der Waals surface area (Å²) in [6, 6.07) is 8.12. The largest absolute Gasteiger partial charge is 0.383 e. The molecule has 154 valence electrons. The van der Waals surface area contributed by atoms with Gasteiger partial charge < -0.3 is 10.1 Å². The van der Waals surface area contributed by atoms with E-state index in [9.17, 15) is 4.79 Å². The molecule has 2 aromatic heterocycles. The highest BCUT2D eigenvalue weighted by atomic mass is 32.2. The van der Waals surface area contributed by atoms with Crippen LogP contribution in [0, 0.1) is 20.8 Å². The number of nitrogens with zero attached hydrogens (tertiary/aromatic N) is 5. The molecule has 3 rings (SSSR count). The van der Waals surface area contributed by atoms with Crippen LogP contribution in [-0.4, -0.2) is 49.9 Å². The zero-order chi connectivity index (χ0) is 21.0. The second-order valence-electron chi connectivity index (χ2n) is 6.83. The number of amides is 1. The highest BCUT2D eigenvalue weighted by Gasteiger charge is 2.17. The lowest BCUT2D eigenvalue weighted by Crippen LogP contribution is -2.16. The Hall–Kier alpha value is -2.65. The van der Waals surface area contributed by atoms with Crippen molar-refractivity contribution in [2.45, 2.75) is 32.5 Å². The predicted molar refractivity (Wildman–Crippen MR) is 114 cm³/mol. The van der Waals surface area contributed by atoms with E-state index < -0.39 is 0 Å². The quantitative estimate of drug-likeness (QED) is 0.570. The number of anilines is 1. The first-order valence-corrected chi connectivity index (χ1v) is 10.3. The van der Waals surface area contributed by atoms with Gasteiger partial charge in [0.15, 0.2) is 11.0 Å². The number of methoxy groups -OCH3 is 1. The first-order valence-electron chi connectivity index (χ1n) is 9.32. The van der Waals surface area contributed by atoms with Gasteiger partial charge in [0.05, 0.1) is 36.0 Å². The molecule has 9 heteroatoms. The van der Waals surface area contributed by atoms with E-state index in [0.29, 0.717) is 18.3 Å². The van der Waals surface area contributed by atoms with Gasteiger partial charge in [0.25, 0.3) is 0 Å². The number of hydrogen-bond donors (Lipinski definition) is 1. The minimum absolute atomic E-state index is 0.104. The standard InChI is InChI=1S/C20H26N6O2S/c1-13-7-6-8-16(11-13)19-22-23-20(26(19)9-10-28-5)29-12-17(27)21-18-14(2)24-25(4)15(18)3/h6-8,11H,9-10,12H2,1-5H3,(H,21,27). The molecule has 0 aliphatic rings. The van der Waals surface area contributed by atoms with Crippen LogP contribution in [0.4, 0.5) is 5.69 Å². The third kappa shape index (κ3) is 4.86. The first-order chi connectivity index (χ1) is 13.9. The van der Waals surface area contributed by atoms with Crippen molar-refractivity contribution in [2.75, 3.05) is 24.8 Å². The van der Waals surface area contributed by atoms with E-state index in [2.05, 4.69) is 26.7 Å². The molecule has 1 N–H and O–H groups in total. The van der Waals surface area contributed by atoms with Crippen LogP contribution in [0.5, 0.6) is 0 Å². The van der Waals surface area contributed by atoms with E-state index in [1.165, 1.54) is 11.8 Å². The van der Waals surface area contributed by atoms with Gasteiger partial charge in [0.1, 0.15) is 0 Å². The van der Waals surface area contributed by atoms with E-state index in [-0.39, 0.29) is 11.7 Å². The second kappa shape index (κ2) is 9.23. The van der Waals surface area contributed by atoms with Crippen LogP contribution in [0.25, 0.3) is 11.4 Å². The fourth-order valence-corrected chi connectivity index (χ4v) is 3.80. The van der Waals surface area contributed by atoms with Crippen LogP contribution >= 0.6 is 11.8 Å². The van der Waals surface area contributed by atoms with E-state index in [0.717, 1.165) is 34.0 Å². The summed E-state index contributed by atoms with van der Waals surface area (Å²) < 4.78 is 9.00. The molecule has 1 amide bonds. The topological polar surface area (TPSA) is 86.9 Å². The number of aryl methyl sites for hydroxylation is 3.